The maximum absolute atomic E-state index is 13.6. The molecule has 0 spiro atoms. The van der Waals surface area contributed by atoms with E-state index < -0.39 is 24.0 Å². The van der Waals surface area contributed by atoms with E-state index in [9.17, 15) is 22.7 Å². The van der Waals surface area contributed by atoms with Crippen LogP contribution in [-0.4, -0.2) is 30.7 Å². The molecule has 0 saturated carbocycles. The van der Waals surface area contributed by atoms with Crippen LogP contribution in [0.2, 0.25) is 0 Å². The summed E-state index contributed by atoms with van der Waals surface area (Å²) in [4.78, 5) is 1.60. The van der Waals surface area contributed by atoms with Crippen LogP contribution in [0.15, 0.2) is 18.2 Å². The first-order valence-electron chi connectivity index (χ1n) is 5.83. The first-order chi connectivity index (χ1) is 8.85. The number of hydrogen-bond acceptors (Lipinski definition) is 3. The molecule has 0 atom stereocenters. The molecule has 106 valence electrons. The van der Waals surface area contributed by atoms with E-state index in [4.69, 9.17) is 0 Å². The molecule has 0 aliphatic carbocycles. The zero-order valence-electron chi connectivity index (χ0n) is 9.95. The topological polar surface area (TPSA) is 32.7 Å². The highest BCUT2D eigenvalue weighted by molar-refractivity contribution is 5.52. The van der Waals surface area contributed by atoms with E-state index in [0.29, 0.717) is 25.9 Å². The van der Waals surface area contributed by atoms with Gasteiger partial charge in [0.2, 0.25) is 0 Å². The van der Waals surface area contributed by atoms with Gasteiger partial charge >= 0.3 is 6.36 Å². The number of rotatable bonds is 2. The van der Waals surface area contributed by atoms with Gasteiger partial charge < -0.3 is 14.7 Å². The maximum atomic E-state index is 13.6. The molecule has 0 bridgehead atoms. The molecule has 1 fully saturated rings. The highest BCUT2D eigenvalue weighted by atomic mass is 19.4. The molecule has 0 amide bonds. The van der Waals surface area contributed by atoms with Crippen molar-refractivity contribution < 1.29 is 27.4 Å². The van der Waals surface area contributed by atoms with Crippen molar-refractivity contribution in [1.82, 2.24) is 0 Å². The molecule has 1 aliphatic heterocycles. The Balaban J connectivity index is 2.17. The molecule has 1 heterocycles. The van der Waals surface area contributed by atoms with Crippen LogP contribution in [0.1, 0.15) is 12.8 Å². The van der Waals surface area contributed by atoms with Crippen LogP contribution in [0.4, 0.5) is 23.2 Å². The lowest BCUT2D eigenvalue weighted by atomic mass is 10.1. The third-order valence-electron chi connectivity index (χ3n) is 2.96. The van der Waals surface area contributed by atoms with Crippen LogP contribution in [-0.2, 0) is 0 Å². The highest BCUT2D eigenvalue weighted by Gasteiger charge is 2.31. The lowest BCUT2D eigenvalue weighted by molar-refractivity contribution is -0.274. The lowest BCUT2D eigenvalue weighted by Gasteiger charge is -2.31. The van der Waals surface area contributed by atoms with E-state index in [0.717, 1.165) is 18.2 Å². The van der Waals surface area contributed by atoms with Crippen molar-refractivity contribution in [2.24, 2.45) is 0 Å². The summed E-state index contributed by atoms with van der Waals surface area (Å²) in [6, 6.07) is 2.91. The molecule has 0 unspecified atom stereocenters. The van der Waals surface area contributed by atoms with Gasteiger partial charge in [0, 0.05) is 19.2 Å². The Bertz CT molecular complexity index is 442. The molecule has 1 aliphatic rings. The van der Waals surface area contributed by atoms with E-state index in [1.165, 1.54) is 0 Å². The first kappa shape index (κ1) is 13.9. The van der Waals surface area contributed by atoms with Gasteiger partial charge in [-0.15, -0.1) is 13.2 Å². The van der Waals surface area contributed by atoms with Crippen LogP contribution >= 0.6 is 0 Å². The maximum Gasteiger partial charge on any atom is 0.573 e. The summed E-state index contributed by atoms with van der Waals surface area (Å²) < 4.78 is 53.7. The second-order valence-corrected chi connectivity index (χ2v) is 4.38. The predicted molar refractivity (Wildman–Crippen MR) is 60.5 cm³/mol. The Kier molecular flexibility index (Phi) is 3.84. The number of piperidine rings is 1. The zero-order chi connectivity index (χ0) is 14.0. The number of nitrogens with zero attached hydrogens (tertiary/aromatic N) is 1. The predicted octanol–water partition coefficient (Wildman–Crippen LogP) is 2.69. The molecular weight excluding hydrogens is 266 g/mol. The third kappa shape index (κ3) is 3.73. The molecule has 7 heteroatoms. The van der Waals surface area contributed by atoms with Crippen molar-refractivity contribution in [2.45, 2.75) is 25.3 Å². The number of ether oxygens (including phenoxy) is 1. The van der Waals surface area contributed by atoms with E-state index in [1.807, 2.05) is 0 Å². The van der Waals surface area contributed by atoms with Gasteiger partial charge in [0.1, 0.15) is 11.6 Å². The van der Waals surface area contributed by atoms with Crippen LogP contribution in [0.5, 0.6) is 5.75 Å². The van der Waals surface area contributed by atoms with Gasteiger partial charge in [-0.3, -0.25) is 0 Å². The van der Waals surface area contributed by atoms with E-state index in [2.05, 4.69) is 4.74 Å². The summed E-state index contributed by atoms with van der Waals surface area (Å²) in [5.41, 5.74) is 0.0636. The van der Waals surface area contributed by atoms with E-state index >= 15 is 0 Å². The SMILES string of the molecule is OC1CCN(c2cc(OC(F)(F)F)ccc2F)CC1. The van der Waals surface area contributed by atoms with Gasteiger partial charge in [0.25, 0.3) is 0 Å². The molecule has 3 nitrogen and oxygen atoms in total. The number of halogens is 4. The fourth-order valence-corrected chi connectivity index (χ4v) is 2.04. The average molecular weight is 279 g/mol. The normalized spacial score (nSPS) is 17.6. The summed E-state index contributed by atoms with van der Waals surface area (Å²) in [5, 5.41) is 9.36. The summed E-state index contributed by atoms with van der Waals surface area (Å²) in [5.74, 6) is -1.05. The van der Waals surface area contributed by atoms with Gasteiger partial charge in [-0.05, 0) is 25.0 Å². The summed E-state index contributed by atoms with van der Waals surface area (Å²) in [6.07, 6.45) is -4.31. The molecule has 1 N–H and O–H groups in total. The lowest BCUT2D eigenvalue weighted by Crippen LogP contribution is -2.36. The number of hydrogen-bond donors (Lipinski definition) is 1. The van der Waals surface area contributed by atoms with Crippen molar-refractivity contribution in [1.29, 1.82) is 0 Å². The first-order valence-corrected chi connectivity index (χ1v) is 5.83. The second kappa shape index (κ2) is 5.24. The summed E-state index contributed by atoms with van der Waals surface area (Å²) >= 11 is 0. The summed E-state index contributed by atoms with van der Waals surface area (Å²) in [6.45, 7) is 0.793. The Morgan fingerprint density at radius 2 is 1.84 bits per heavy atom. The quantitative estimate of drug-likeness (QED) is 0.845. The van der Waals surface area contributed by atoms with Gasteiger partial charge in [0.15, 0.2) is 0 Å². The van der Waals surface area contributed by atoms with Crippen LogP contribution in [0.25, 0.3) is 0 Å². The molecule has 19 heavy (non-hydrogen) atoms. The third-order valence-corrected chi connectivity index (χ3v) is 2.96. The molecule has 0 radical (unpaired) electrons. The fraction of sp³-hybridized carbons (Fsp3) is 0.500. The minimum absolute atomic E-state index is 0.0636. The zero-order valence-corrected chi connectivity index (χ0v) is 9.95. The number of aliphatic hydroxyl groups is 1. The van der Waals surface area contributed by atoms with Crippen LogP contribution < -0.4 is 9.64 Å². The Labute approximate surface area is 107 Å². The fourth-order valence-electron chi connectivity index (χ4n) is 2.04. The number of anilines is 1. The van der Waals surface area contributed by atoms with E-state index in [-0.39, 0.29) is 5.69 Å². The Hall–Kier alpha value is -1.50. The number of benzene rings is 1. The molecule has 0 aromatic heterocycles. The van der Waals surface area contributed by atoms with Gasteiger partial charge in [-0.25, -0.2) is 4.39 Å². The monoisotopic (exact) mass is 279 g/mol. The number of aliphatic hydroxyl groups excluding tert-OH is 1. The molecule has 1 aromatic carbocycles. The molecule has 1 aromatic rings. The highest BCUT2D eigenvalue weighted by Crippen LogP contribution is 2.30. The van der Waals surface area contributed by atoms with Crippen molar-refractivity contribution in [3.63, 3.8) is 0 Å². The molecular formula is C12H13F4NO2. The Morgan fingerprint density at radius 1 is 1.21 bits per heavy atom. The van der Waals surface area contributed by atoms with Crippen LogP contribution in [0.3, 0.4) is 0 Å². The van der Waals surface area contributed by atoms with Gasteiger partial charge in [-0.2, -0.15) is 0 Å². The van der Waals surface area contributed by atoms with Crippen molar-refractivity contribution in [3.8, 4) is 5.75 Å². The largest absolute Gasteiger partial charge is 0.573 e. The standard InChI is InChI=1S/C12H13F4NO2/c13-10-2-1-9(19-12(14,15)16)7-11(10)17-5-3-8(18)4-6-17/h1-2,7-8,18H,3-6H2. The minimum Gasteiger partial charge on any atom is -0.406 e. The second-order valence-electron chi connectivity index (χ2n) is 4.38. The van der Waals surface area contributed by atoms with Crippen LogP contribution in [0, 0.1) is 5.82 Å². The molecule has 1 saturated heterocycles. The molecule has 2 rings (SSSR count). The van der Waals surface area contributed by atoms with Gasteiger partial charge in [-0.1, -0.05) is 0 Å². The average Bonchev–Trinajstić information content (AvgIpc) is 2.31. The summed E-state index contributed by atoms with van der Waals surface area (Å²) in [7, 11) is 0. The smallest absolute Gasteiger partial charge is 0.406 e. The number of alkyl halides is 3. The minimum atomic E-state index is -4.80. The van der Waals surface area contributed by atoms with E-state index in [1.54, 1.807) is 4.90 Å². The van der Waals surface area contributed by atoms with Crippen molar-refractivity contribution in [2.75, 3.05) is 18.0 Å². The van der Waals surface area contributed by atoms with Crippen molar-refractivity contribution >= 4 is 5.69 Å². The van der Waals surface area contributed by atoms with Gasteiger partial charge in [0.05, 0.1) is 11.8 Å². The van der Waals surface area contributed by atoms with Crippen molar-refractivity contribution in [3.05, 3.63) is 24.0 Å². The Morgan fingerprint density at radius 3 is 2.42 bits per heavy atom.